The first-order valence-corrected chi connectivity index (χ1v) is 19.2. The number of hydrogen-bond donors (Lipinski definition) is 0. The summed E-state index contributed by atoms with van der Waals surface area (Å²) in [6.45, 7) is 19.0. The van der Waals surface area contributed by atoms with Crippen molar-refractivity contribution < 1.29 is 19.1 Å². The van der Waals surface area contributed by atoms with Crippen LogP contribution in [-0.2, 0) is 29.9 Å². The predicted octanol–water partition coefficient (Wildman–Crippen LogP) is 12.4. The van der Waals surface area contributed by atoms with Crippen LogP contribution >= 0.6 is 0 Å². The number of hydrogen-bond acceptors (Lipinski definition) is 4. The van der Waals surface area contributed by atoms with E-state index >= 15 is 0 Å². The third kappa shape index (κ3) is 12.2. The van der Waals surface area contributed by atoms with E-state index in [2.05, 4.69) is 104 Å². The molecule has 0 amide bonds. The summed E-state index contributed by atoms with van der Waals surface area (Å²) in [5.41, 5.74) is 2.50. The van der Waals surface area contributed by atoms with Gasteiger partial charge in [0.15, 0.2) is 0 Å². The molecule has 0 aliphatic rings. The molecular weight excluding hydrogens is 592 g/mol. The quantitative estimate of drug-likeness (QED) is 0.0796. The highest BCUT2D eigenvalue weighted by atomic mass is 16.5. The minimum atomic E-state index is -0.0627. The Morgan fingerprint density at radius 3 is 1.33 bits per heavy atom. The second kappa shape index (κ2) is 19.3. The molecule has 2 atom stereocenters. The molecule has 3 aromatic carbocycles. The molecule has 0 radical (unpaired) electrons. The maximum Gasteiger partial charge on any atom is 0.305 e. The van der Waals surface area contributed by atoms with Crippen LogP contribution in [0.25, 0.3) is 21.5 Å². The summed E-state index contributed by atoms with van der Waals surface area (Å²) in [7, 11) is 0. The predicted molar refractivity (Wildman–Crippen MR) is 204 cm³/mol. The lowest BCUT2D eigenvalue weighted by atomic mass is 9.78. The van der Waals surface area contributed by atoms with Crippen molar-refractivity contribution in [1.29, 1.82) is 0 Å². The van der Waals surface area contributed by atoms with Crippen molar-refractivity contribution in [3.05, 3.63) is 59.7 Å². The first kappa shape index (κ1) is 39.6. The molecule has 0 aliphatic heterocycles. The zero-order chi connectivity index (χ0) is 35.2. The maximum absolute atomic E-state index is 12.5. The van der Waals surface area contributed by atoms with Crippen molar-refractivity contribution in [2.24, 2.45) is 11.8 Å². The van der Waals surface area contributed by atoms with Gasteiger partial charge in [-0.3, -0.25) is 9.59 Å². The summed E-state index contributed by atoms with van der Waals surface area (Å²) in [5, 5.41) is 4.97. The van der Waals surface area contributed by atoms with Crippen LogP contribution in [0, 0.1) is 11.8 Å². The van der Waals surface area contributed by atoms with Crippen LogP contribution in [0.5, 0.6) is 0 Å². The van der Waals surface area contributed by atoms with Gasteiger partial charge in [-0.15, -0.1) is 0 Å². The number of rotatable bonds is 22. The molecule has 0 spiro atoms. The lowest BCUT2D eigenvalue weighted by molar-refractivity contribution is -0.146. The van der Waals surface area contributed by atoms with E-state index in [1.54, 1.807) is 0 Å². The minimum absolute atomic E-state index is 0.0472. The first-order chi connectivity index (χ1) is 22.9. The van der Waals surface area contributed by atoms with Crippen LogP contribution < -0.4 is 0 Å². The van der Waals surface area contributed by atoms with Crippen molar-refractivity contribution in [3.8, 4) is 0 Å². The maximum atomic E-state index is 12.5. The number of unbranched alkanes of at least 4 members (excludes halogenated alkanes) is 2. The Kier molecular flexibility index (Phi) is 15.9. The third-order valence-corrected chi connectivity index (χ3v) is 10.8. The van der Waals surface area contributed by atoms with Gasteiger partial charge in [-0.1, -0.05) is 130 Å². The molecule has 3 aromatic rings. The van der Waals surface area contributed by atoms with Gasteiger partial charge in [0.1, 0.15) is 0 Å². The molecule has 2 unspecified atom stereocenters. The molecule has 266 valence electrons. The molecule has 0 N–H and O–H groups in total. The highest BCUT2D eigenvalue weighted by Crippen LogP contribution is 2.35. The van der Waals surface area contributed by atoms with E-state index in [-0.39, 0.29) is 22.8 Å². The fraction of sp³-hybridized carbons (Fsp3) is 0.636. The summed E-state index contributed by atoms with van der Waals surface area (Å²) < 4.78 is 11.3. The van der Waals surface area contributed by atoms with Gasteiger partial charge in [-0.05, 0) is 106 Å². The molecule has 0 aromatic heterocycles. The zero-order valence-electron chi connectivity index (χ0n) is 31.7. The Hall–Kier alpha value is -2.88. The summed E-state index contributed by atoms with van der Waals surface area (Å²) >= 11 is 0. The summed E-state index contributed by atoms with van der Waals surface area (Å²) in [6.07, 6.45) is 13.6. The zero-order valence-corrected chi connectivity index (χ0v) is 31.7. The highest BCUT2D eigenvalue weighted by Gasteiger charge is 2.23. The van der Waals surface area contributed by atoms with Crippen LogP contribution in [0.15, 0.2) is 48.5 Å². The van der Waals surface area contributed by atoms with Crippen LogP contribution in [-0.4, -0.2) is 25.2 Å². The van der Waals surface area contributed by atoms with Gasteiger partial charge in [-0.2, -0.15) is 0 Å². The van der Waals surface area contributed by atoms with Gasteiger partial charge >= 0.3 is 11.9 Å². The lowest BCUT2D eigenvalue weighted by Crippen LogP contribution is -2.19. The number of ether oxygens (including phenoxy) is 2. The number of fused-ring (bicyclic) bond motifs is 2. The van der Waals surface area contributed by atoms with Gasteiger partial charge < -0.3 is 9.47 Å². The second-order valence-electron chi connectivity index (χ2n) is 15.6. The lowest BCUT2D eigenvalue weighted by Gasteiger charge is -2.26. The van der Waals surface area contributed by atoms with E-state index < -0.39 is 0 Å². The topological polar surface area (TPSA) is 52.6 Å². The van der Waals surface area contributed by atoms with Crippen LogP contribution in [0.2, 0.25) is 0 Å². The first-order valence-electron chi connectivity index (χ1n) is 19.2. The molecule has 0 heterocycles. The number of esters is 2. The largest absolute Gasteiger partial charge is 0.465 e. The summed E-state index contributed by atoms with van der Waals surface area (Å²) in [4.78, 5) is 25.0. The smallest absolute Gasteiger partial charge is 0.305 e. The van der Waals surface area contributed by atoms with Crippen molar-refractivity contribution in [2.45, 2.75) is 156 Å². The Balaban J connectivity index is 1.60. The van der Waals surface area contributed by atoms with Crippen molar-refractivity contribution >= 4 is 33.5 Å². The van der Waals surface area contributed by atoms with E-state index in [4.69, 9.17) is 9.47 Å². The van der Waals surface area contributed by atoms with Gasteiger partial charge in [0.2, 0.25) is 0 Å². The SMILES string of the molecule is CCCCC(CC)COC(=O)CCCC(C)(C)c1ccc2cc3ccc(C(C)(C)CCCC(=O)OCC(CC)CCCC)cc3cc2c1. The molecule has 0 aliphatic carbocycles. The average molecular weight is 659 g/mol. The third-order valence-electron chi connectivity index (χ3n) is 10.8. The summed E-state index contributed by atoms with van der Waals surface area (Å²) in [5.74, 6) is 0.839. The molecule has 0 saturated carbocycles. The molecule has 0 saturated heterocycles. The van der Waals surface area contributed by atoms with Gasteiger partial charge in [0, 0.05) is 12.8 Å². The number of carbonyl (C=O) groups excluding carboxylic acids is 2. The van der Waals surface area contributed by atoms with E-state index in [9.17, 15) is 9.59 Å². The molecule has 4 heteroatoms. The fourth-order valence-corrected chi connectivity index (χ4v) is 6.84. The normalized spacial score (nSPS) is 13.5. The standard InChI is InChI=1S/C44H66O4/c1-9-13-17-33(11-3)31-47-41(45)19-15-25-43(5,6)39-23-21-35-27-36-22-24-40(30-38(36)28-37(35)29-39)44(7,8)26-16-20-42(46)48-32-34(12-4)18-14-10-2/h21-24,27-30,33-34H,9-20,25-26,31-32H2,1-8H3. The minimum Gasteiger partial charge on any atom is -0.465 e. The molecule has 4 nitrogen and oxygen atoms in total. The van der Waals surface area contributed by atoms with Gasteiger partial charge in [0.05, 0.1) is 13.2 Å². The Morgan fingerprint density at radius 1 is 0.562 bits per heavy atom. The number of carbonyl (C=O) groups is 2. The Labute approximate surface area is 292 Å². The summed E-state index contributed by atoms with van der Waals surface area (Å²) in [6, 6.07) is 18.3. The number of benzene rings is 3. The van der Waals surface area contributed by atoms with E-state index in [0.717, 1.165) is 51.4 Å². The Morgan fingerprint density at radius 2 is 0.958 bits per heavy atom. The van der Waals surface area contributed by atoms with Crippen molar-refractivity contribution in [1.82, 2.24) is 0 Å². The molecule has 3 rings (SSSR count). The van der Waals surface area contributed by atoms with Crippen molar-refractivity contribution in [2.75, 3.05) is 13.2 Å². The van der Waals surface area contributed by atoms with Gasteiger partial charge in [0.25, 0.3) is 0 Å². The van der Waals surface area contributed by atoms with Crippen LogP contribution in [0.4, 0.5) is 0 Å². The molecular formula is C44H66O4. The average Bonchev–Trinajstić information content (AvgIpc) is 3.06. The Bertz CT molecular complexity index is 1330. The van der Waals surface area contributed by atoms with E-state index in [1.807, 2.05) is 0 Å². The van der Waals surface area contributed by atoms with Crippen LogP contribution in [0.3, 0.4) is 0 Å². The highest BCUT2D eigenvalue weighted by molar-refractivity contribution is 5.98. The van der Waals surface area contributed by atoms with E-state index in [1.165, 1.54) is 58.4 Å². The van der Waals surface area contributed by atoms with Crippen LogP contribution in [0.1, 0.15) is 156 Å². The monoisotopic (exact) mass is 658 g/mol. The fourth-order valence-electron chi connectivity index (χ4n) is 6.84. The van der Waals surface area contributed by atoms with Gasteiger partial charge in [-0.25, -0.2) is 0 Å². The molecule has 0 bridgehead atoms. The van der Waals surface area contributed by atoms with E-state index in [0.29, 0.717) is 37.9 Å². The molecule has 48 heavy (non-hydrogen) atoms. The second-order valence-corrected chi connectivity index (χ2v) is 15.6. The van der Waals surface area contributed by atoms with Crippen molar-refractivity contribution in [3.63, 3.8) is 0 Å². The molecule has 0 fully saturated rings.